The fourth-order valence-corrected chi connectivity index (χ4v) is 1.72. The van der Waals surface area contributed by atoms with Gasteiger partial charge in [0.25, 0.3) is 11.6 Å². The number of carbonyl (C=O) groups excluding carboxylic acids is 1. The summed E-state index contributed by atoms with van der Waals surface area (Å²) in [6.45, 7) is 0.983. The van der Waals surface area contributed by atoms with Crippen molar-refractivity contribution in [2.24, 2.45) is 0 Å². The summed E-state index contributed by atoms with van der Waals surface area (Å²) in [5, 5.41) is 11.9. The quantitative estimate of drug-likeness (QED) is 0.599. The van der Waals surface area contributed by atoms with Crippen molar-refractivity contribution in [2.45, 2.75) is 6.42 Å². The third kappa shape index (κ3) is 2.37. The van der Waals surface area contributed by atoms with E-state index in [2.05, 4.69) is 0 Å². The molecule has 0 aliphatic carbocycles. The number of carbonyl (C=O) groups is 1. The van der Waals surface area contributed by atoms with Crippen LogP contribution in [-0.4, -0.2) is 29.0 Å². The normalized spacial score (nSPS) is 15.0. The van der Waals surface area contributed by atoms with Crippen molar-refractivity contribution >= 4 is 23.2 Å². The number of halogens is 1. The number of benzene rings is 1. The highest BCUT2D eigenvalue weighted by Gasteiger charge is 2.23. The van der Waals surface area contributed by atoms with Crippen molar-refractivity contribution in [1.29, 1.82) is 0 Å². The van der Waals surface area contributed by atoms with Gasteiger partial charge in [-0.25, -0.2) is 5.06 Å². The largest absolute Gasteiger partial charge is 0.288 e. The molecule has 1 aromatic carbocycles. The molecule has 0 N–H and O–H groups in total. The van der Waals surface area contributed by atoms with Gasteiger partial charge in [-0.2, -0.15) is 0 Å². The Hall–Kier alpha value is -1.66. The Labute approximate surface area is 102 Å². The number of nitro groups is 1. The summed E-state index contributed by atoms with van der Waals surface area (Å²) in [5.41, 5.74) is -0.0836. The van der Waals surface area contributed by atoms with Crippen LogP contribution in [0.1, 0.15) is 16.8 Å². The van der Waals surface area contributed by atoms with Crippen LogP contribution in [0.2, 0.25) is 5.02 Å². The molecule has 1 aromatic rings. The summed E-state index contributed by atoms with van der Waals surface area (Å²) in [4.78, 5) is 27.0. The maximum Gasteiger partial charge on any atom is 0.288 e. The summed E-state index contributed by atoms with van der Waals surface area (Å²) in [6, 6.07) is 3.94. The SMILES string of the molecule is O=C(c1ccc(Cl)c([N+](=O)[O-])c1)N1CCCO1. The van der Waals surface area contributed by atoms with Crippen LogP contribution in [0.25, 0.3) is 0 Å². The molecule has 1 heterocycles. The second-order valence-corrected chi connectivity index (χ2v) is 3.92. The first-order chi connectivity index (χ1) is 8.09. The van der Waals surface area contributed by atoms with Crippen LogP contribution in [-0.2, 0) is 4.84 Å². The highest BCUT2D eigenvalue weighted by molar-refractivity contribution is 6.32. The highest BCUT2D eigenvalue weighted by Crippen LogP contribution is 2.26. The van der Waals surface area contributed by atoms with Gasteiger partial charge in [0.2, 0.25) is 0 Å². The third-order valence-corrected chi connectivity index (χ3v) is 2.69. The van der Waals surface area contributed by atoms with E-state index in [1.54, 1.807) is 0 Å². The van der Waals surface area contributed by atoms with E-state index in [1.165, 1.54) is 17.2 Å². The molecule has 1 aliphatic rings. The Morgan fingerprint density at radius 2 is 2.29 bits per heavy atom. The maximum absolute atomic E-state index is 11.9. The zero-order chi connectivity index (χ0) is 12.4. The highest BCUT2D eigenvalue weighted by atomic mass is 35.5. The van der Waals surface area contributed by atoms with E-state index in [0.717, 1.165) is 12.5 Å². The second-order valence-electron chi connectivity index (χ2n) is 3.52. The van der Waals surface area contributed by atoms with E-state index in [1.807, 2.05) is 0 Å². The first kappa shape index (κ1) is 11.8. The molecule has 0 saturated carbocycles. The number of nitro benzene ring substituents is 1. The minimum Gasteiger partial charge on any atom is -0.271 e. The van der Waals surface area contributed by atoms with Crippen LogP contribution in [0.3, 0.4) is 0 Å². The predicted octanol–water partition coefficient (Wildman–Crippen LogP) is 2.03. The Kier molecular flexibility index (Phi) is 3.26. The van der Waals surface area contributed by atoms with E-state index in [4.69, 9.17) is 16.4 Å². The number of nitrogens with zero attached hydrogens (tertiary/aromatic N) is 2. The van der Waals surface area contributed by atoms with Gasteiger partial charge in [-0.15, -0.1) is 0 Å². The Morgan fingerprint density at radius 1 is 1.53 bits per heavy atom. The molecule has 1 amide bonds. The molecule has 0 unspecified atom stereocenters. The van der Waals surface area contributed by atoms with E-state index in [-0.39, 0.29) is 22.2 Å². The minimum absolute atomic E-state index is 0.00823. The molecule has 1 saturated heterocycles. The fraction of sp³-hybridized carbons (Fsp3) is 0.300. The average molecular weight is 257 g/mol. The van der Waals surface area contributed by atoms with Crippen LogP contribution in [0, 0.1) is 10.1 Å². The number of rotatable bonds is 2. The Bertz CT molecular complexity index is 471. The fourth-order valence-electron chi connectivity index (χ4n) is 1.54. The standard InChI is InChI=1S/C10H9ClN2O4/c11-8-3-2-7(6-9(8)13(15)16)10(14)12-4-1-5-17-12/h2-3,6H,1,4-5H2. The van der Waals surface area contributed by atoms with Crippen molar-refractivity contribution in [2.75, 3.05) is 13.2 Å². The van der Waals surface area contributed by atoms with Gasteiger partial charge in [-0.3, -0.25) is 19.7 Å². The summed E-state index contributed by atoms with van der Waals surface area (Å²) in [7, 11) is 0. The van der Waals surface area contributed by atoms with Gasteiger partial charge in [0, 0.05) is 11.6 Å². The monoisotopic (exact) mass is 256 g/mol. The average Bonchev–Trinajstić information content (AvgIpc) is 2.81. The van der Waals surface area contributed by atoms with Gasteiger partial charge < -0.3 is 0 Å². The zero-order valence-corrected chi connectivity index (χ0v) is 9.51. The van der Waals surface area contributed by atoms with E-state index >= 15 is 0 Å². The summed E-state index contributed by atoms with van der Waals surface area (Å²) in [6.07, 6.45) is 0.765. The lowest BCUT2D eigenvalue weighted by Crippen LogP contribution is -2.26. The molecule has 2 rings (SSSR count). The van der Waals surface area contributed by atoms with Gasteiger partial charge in [0.05, 0.1) is 18.1 Å². The van der Waals surface area contributed by atoms with Crippen LogP contribution in [0.15, 0.2) is 18.2 Å². The van der Waals surface area contributed by atoms with Gasteiger partial charge in [0.1, 0.15) is 5.02 Å². The third-order valence-electron chi connectivity index (χ3n) is 2.37. The van der Waals surface area contributed by atoms with Gasteiger partial charge in [-0.1, -0.05) is 11.6 Å². The molecular formula is C10H9ClN2O4. The molecule has 7 heteroatoms. The molecule has 90 valence electrons. The van der Waals surface area contributed by atoms with Gasteiger partial charge in [-0.05, 0) is 18.6 Å². The molecule has 17 heavy (non-hydrogen) atoms. The lowest BCUT2D eigenvalue weighted by molar-refractivity contribution is -0.384. The van der Waals surface area contributed by atoms with Crippen molar-refractivity contribution in [3.05, 3.63) is 38.9 Å². The maximum atomic E-state index is 11.9. The number of amides is 1. The molecule has 1 aliphatic heterocycles. The van der Waals surface area contributed by atoms with Crippen molar-refractivity contribution < 1.29 is 14.6 Å². The lowest BCUT2D eigenvalue weighted by atomic mass is 10.2. The first-order valence-corrected chi connectivity index (χ1v) is 5.36. The lowest BCUT2D eigenvalue weighted by Gasteiger charge is -2.13. The predicted molar refractivity (Wildman–Crippen MR) is 59.7 cm³/mol. The van der Waals surface area contributed by atoms with Crippen molar-refractivity contribution in [3.8, 4) is 0 Å². The molecular weight excluding hydrogens is 248 g/mol. The summed E-state index contributed by atoms with van der Waals surface area (Å²) < 4.78 is 0. The summed E-state index contributed by atoms with van der Waals surface area (Å²) >= 11 is 5.66. The Morgan fingerprint density at radius 3 is 2.88 bits per heavy atom. The van der Waals surface area contributed by atoms with E-state index in [9.17, 15) is 14.9 Å². The van der Waals surface area contributed by atoms with Crippen LogP contribution in [0.5, 0.6) is 0 Å². The molecule has 1 fully saturated rings. The number of hydroxylamine groups is 2. The van der Waals surface area contributed by atoms with Gasteiger partial charge in [0.15, 0.2) is 0 Å². The molecule has 0 aromatic heterocycles. The van der Waals surface area contributed by atoms with Crippen LogP contribution < -0.4 is 0 Å². The molecule has 0 atom stereocenters. The van der Waals surface area contributed by atoms with E-state index in [0.29, 0.717) is 13.2 Å². The minimum atomic E-state index is -0.621. The Balaban J connectivity index is 2.29. The molecule has 0 radical (unpaired) electrons. The number of hydrogen-bond acceptors (Lipinski definition) is 4. The molecule has 6 nitrogen and oxygen atoms in total. The molecule has 0 spiro atoms. The number of hydrogen-bond donors (Lipinski definition) is 0. The van der Waals surface area contributed by atoms with Gasteiger partial charge >= 0.3 is 0 Å². The van der Waals surface area contributed by atoms with Crippen LogP contribution in [0.4, 0.5) is 5.69 Å². The summed E-state index contributed by atoms with van der Waals surface area (Å²) in [5.74, 6) is -0.387. The van der Waals surface area contributed by atoms with Crippen molar-refractivity contribution in [3.63, 3.8) is 0 Å². The second kappa shape index (κ2) is 4.68. The molecule has 0 bridgehead atoms. The zero-order valence-electron chi connectivity index (χ0n) is 8.76. The van der Waals surface area contributed by atoms with Crippen LogP contribution >= 0.6 is 11.6 Å². The first-order valence-electron chi connectivity index (χ1n) is 4.98. The smallest absolute Gasteiger partial charge is 0.271 e. The van der Waals surface area contributed by atoms with E-state index < -0.39 is 4.92 Å². The topological polar surface area (TPSA) is 72.7 Å². The van der Waals surface area contributed by atoms with Crippen molar-refractivity contribution in [1.82, 2.24) is 5.06 Å².